The first-order valence-electron chi connectivity index (χ1n) is 6.37. The Morgan fingerprint density at radius 3 is 2.68 bits per heavy atom. The molecular formula is C15H20N2O2. The summed E-state index contributed by atoms with van der Waals surface area (Å²) < 4.78 is 10.8. The van der Waals surface area contributed by atoms with Crippen LogP contribution in [0.15, 0.2) is 34.9 Å². The van der Waals surface area contributed by atoms with Gasteiger partial charge in [0.05, 0.1) is 5.69 Å². The molecule has 0 saturated carbocycles. The van der Waals surface area contributed by atoms with Crippen molar-refractivity contribution in [1.82, 2.24) is 5.16 Å². The van der Waals surface area contributed by atoms with Crippen LogP contribution in [0.25, 0.3) is 0 Å². The van der Waals surface area contributed by atoms with E-state index < -0.39 is 0 Å². The lowest BCUT2D eigenvalue weighted by molar-refractivity contribution is 0.248. The third kappa shape index (κ3) is 3.58. The van der Waals surface area contributed by atoms with Crippen molar-refractivity contribution in [2.75, 3.05) is 0 Å². The fourth-order valence-corrected chi connectivity index (χ4v) is 1.73. The van der Waals surface area contributed by atoms with Crippen molar-refractivity contribution < 1.29 is 9.26 Å². The summed E-state index contributed by atoms with van der Waals surface area (Å²) in [5, 5.41) is 3.82. The smallest absolute Gasteiger partial charge is 0.174 e. The molecule has 0 unspecified atom stereocenters. The average Bonchev–Trinajstić information content (AvgIpc) is 2.84. The molecule has 2 rings (SSSR count). The first-order chi connectivity index (χ1) is 8.99. The Balaban J connectivity index is 2.03. The molecule has 0 fully saturated rings. The van der Waals surface area contributed by atoms with Crippen LogP contribution < -0.4 is 10.5 Å². The molecule has 0 radical (unpaired) electrons. The molecule has 0 aliphatic heterocycles. The second kappa shape index (κ2) is 5.45. The fourth-order valence-electron chi connectivity index (χ4n) is 1.73. The zero-order valence-electron chi connectivity index (χ0n) is 11.6. The topological polar surface area (TPSA) is 61.3 Å². The van der Waals surface area contributed by atoms with Crippen LogP contribution >= 0.6 is 0 Å². The zero-order chi connectivity index (χ0) is 13.9. The van der Waals surface area contributed by atoms with Crippen LogP contribution in [0.1, 0.15) is 37.8 Å². The van der Waals surface area contributed by atoms with Gasteiger partial charge in [-0.1, -0.05) is 38.1 Å². The quantitative estimate of drug-likeness (QED) is 0.918. The van der Waals surface area contributed by atoms with Gasteiger partial charge in [-0.2, -0.15) is 0 Å². The molecule has 2 aromatic rings. The van der Waals surface area contributed by atoms with Crippen LogP contribution in [0.4, 0.5) is 0 Å². The summed E-state index contributed by atoms with van der Waals surface area (Å²) in [7, 11) is 0. The van der Waals surface area contributed by atoms with Gasteiger partial charge in [0.15, 0.2) is 5.76 Å². The molecule has 19 heavy (non-hydrogen) atoms. The van der Waals surface area contributed by atoms with E-state index in [1.165, 1.54) is 5.56 Å². The third-order valence-electron chi connectivity index (χ3n) is 2.90. The van der Waals surface area contributed by atoms with Crippen LogP contribution in [0.5, 0.6) is 5.75 Å². The summed E-state index contributed by atoms with van der Waals surface area (Å²) in [5.74, 6) is 1.51. The number of rotatable bonds is 4. The van der Waals surface area contributed by atoms with E-state index in [0.717, 1.165) is 11.4 Å². The Morgan fingerprint density at radius 1 is 1.26 bits per heavy atom. The minimum atomic E-state index is 0.109. The SMILES string of the molecule is CC(C)(C)c1cccc(OCc2cc(CN)no2)c1. The van der Waals surface area contributed by atoms with Crippen LogP contribution in [0.2, 0.25) is 0 Å². The Labute approximate surface area is 113 Å². The van der Waals surface area contributed by atoms with Gasteiger partial charge in [-0.25, -0.2) is 0 Å². The summed E-state index contributed by atoms with van der Waals surface area (Å²) in [4.78, 5) is 0. The normalized spacial score (nSPS) is 11.6. The standard InChI is InChI=1S/C15H20N2O2/c1-15(2,3)11-5-4-6-13(7-11)18-10-14-8-12(9-16)17-19-14/h4-8H,9-10,16H2,1-3H3. The molecule has 0 aliphatic rings. The van der Waals surface area contributed by atoms with E-state index in [1.54, 1.807) is 0 Å². The molecule has 0 atom stereocenters. The van der Waals surface area contributed by atoms with Crippen molar-refractivity contribution in [3.05, 3.63) is 47.3 Å². The number of benzene rings is 1. The van der Waals surface area contributed by atoms with E-state index in [1.807, 2.05) is 18.2 Å². The molecule has 0 aliphatic carbocycles. The highest BCUT2D eigenvalue weighted by atomic mass is 16.5. The maximum absolute atomic E-state index is 5.71. The molecule has 1 heterocycles. The van der Waals surface area contributed by atoms with Gasteiger partial charge in [0.1, 0.15) is 12.4 Å². The van der Waals surface area contributed by atoms with Crippen molar-refractivity contribution in [2.24, 2.45) is 5.73 Å². The highest BCUT2D eigenvalue weighted by Gasteiger charge is 2.14. The van der Waals surface area contributed by atoms with Gasteiger partial charge in [-0.3, -0.25) is 0 Å². The molecule has 1 aromatic carbocycles. The minimum Gasteiger partial charge on any atom is -0.486 e. The van der Waals surface area contributed by atoms with Crippen LogP contribution in [-0.4, -0.2) is 5.16 Å². The Bertz CT molecular complexity index is 541. The highest BCUT2D eigenvalue weighted by molar-refractivity contribution is 5.32. The number of aromatic nitrogens is 1. The molecule has 0 saturated heterocycles. The Hall–Kier alpha value is -1.81. The van der Waals surface area contributed by atoms with E-state index in [4.69, 9.17) is 15.0 Å². The lowest BCUT2D eigenvalue weighted by Gasteiger charge is -2.19. The summed E-state index contributed by atoms with van der Waals surface area (Å²) in [6.07, 6.45) is 0. The molecule has 1 aromatic heterocycles. The van der Waals surface area contributed by atoms with Crippen LogP contribution in [0.3, 0.4) is 0 Å². The van der Waals surface area contributed by atoms with Crippen LogP contribution in [-0.2, 0) is 18.6 Å². The maximum Gasteiger partial charge on any atom is 0.174 e. The summed E-state index contributed by atoms with van der Waals surface area (Å²) in [6, 6.07) is 9.92. The predicted molar refractivity (Wildman–Crippen MR) is 73.9 cm³/mol. The number of ether oxygens (including phenoxy) is 1. The van der Waals surface area contributed by atoms with Gasteiger partial charge in [-0.05, 0) is 23.1 Å². The second-order valence-electron chi connectivity index (χ2n) is 5.56. The maximum atomic E-state index is 5.71. The van der Waals surface area contributed by atoms with Gasteiger partial charge in [-0.15, -0.1) is 0 Å². The molecule has 0 amide bonds. The van der Waals surface area contributed by atoms with E-state index in [2.05, 4.69) is 38.1 Å². The molecule has 102 valence electrons. The summed E-state index contributed by atoms with van der Waals surface area (Å²) in [5.41, 5.74) is 7.56. The molecular weight excluding hydrogens is 240 g/mol. The van der Waals surface area contributed by atoms with Gasteiger partial charge < -0.3 is 15.0 Å². The van der Waals surface area contributed by atoms with E-state index >= 15 is 0 Å². The fraction of sp³-hybridized carbons (Fsp3) is 0.400. The minimum absolute atomic E-state index is 0.109. The number of hydrogen-bond donors (Lipinski definition) is 1. The van der Waals surface area contributed by atoms with Gasteiger partial charge in [0, 0.05) is 12.6 Å². The molecule has 2 N–H and O–H groups in total. The number of hydrogen-bond acceptors (Lipinski definition) is 4. The van der Waals surface area contributed by atoms with Crippen LogP contribution in [0, 0.1) is 0 Å². The van der Waals surface area contributed by atoms with Gasteiger partial charge in [0.25, 0.3) is 0 Å². The number of nitrogens with two attached hydrogens (primary N) is 1. The first-order valence-corrected chi connectivity index (χ1v) is 6.37. The molecule has 4 heteroatoms. The Morgan fingerprint density at radius 2 is 2.05 bits per heavy atom. The Kier molecular flexibility index (Phi) is 3.90. The predicted octanol–water partition coefficient (Wildman–Crippen LogP) is 3.01. The molecule has 0 spiro atoms. The van der Waals surface area contributed by atoms with Crippen molar-refractivity contribution in [2.45, 2.75) is 39.3 Å². The highest BCUT2D eigenvalue weighted by Crippen LogP contribution is 2.26. The van der Waals surface area contributed by atoms with Gasteiger partial charge >= 0.3 is 0 Å². The summed E-state index contributed by atoms with van der Waals surface area (Å²) >= 11 is 0. The number of nitrogens with zero attached hydrogens (tertiary/aromatic N) is 1. The van der Waals surface area contributed by atoms with Gasteiger partial charge in [0.2, 0.25) is 0 Å². The molecule has 0 bridgehead atoms. The van der Waals surface area contributed by atoms with E-state index in [0.29, 0.717) is 18.9 Å². The van der Waals surface area contributed by atoms with Crippen molar-refractivity contribution in [3.63, 3.8) is 0 Å². The monoisotopic (exact) mass is 260 g/mol. The summed E-state index contributed by atoms with van der Waals surface area (Å²) in [6.45, 7) is 7.27. The van der Waals surface area contributed by atoms with Crippen molar-refractivity contribution in [3.8, 4) is 5.75 Å². The first kappa shape index (κ1) is 13.6. The van der Waals surface area contributed by atoms with E-state index in [-0.39, 0.29) is 5.41 Å². The lowest BCUT2D eigenvalue weighted by atomic mass is 9.87. The van der Waals surface area contributed by atoms with Crippen molar-refractivity contribution >= 4 is 0 Å². The largest absolute Gasteiger partial charge is 0.486 e. The second-order valence-corrected chi connectivity index (χ2v) is 5.56. The average molecular weight is 260 g/mol. The van der Waals surface area contributed by atoms with E-state index in [9.17, 15) is 0 Å². The lowest BCUT2D eigenvalue weighted by Crippen LogP contribution is -2.10. The third-order valence-corrected chi connectivity index (χ3v) is 2.90. The van der Waals surface area contributed by atoms with Crippen molar-refractivity contribution in [1.29, 1.82) is 0 Å². The molecule has 4 nitrogen and oxygen atoms in total. The zero-order valence-corrected chi connectivity index (χ0v) is 11.6.